The van der Waals surface area contributed by atoms with Crippen molar-refractivity contribution >= 4 is 39.1 Å². The molecule has 0 bridgehead atoms. The van der Waals surface area contributed by atoms with Crippen molar-refractivity contribution in [2.24, 2.45) is 5.92 Å². The largest absolute Gasteiger partial charge is 0.493 e. The molecule has 0 saturated heterocycles. The van der Waals surface area contributed by atoms with Gasteiger partial charge in [-0.05, 0) is 61.7 Å². The Morgan fingerprint density at radius 2 is 1.60 bits per heavy atom. The number of nitrogens with one attached hydrogen (secondary N) is 1. The molecule has 226 valence electrons. The predicted molar refractivity (Wildman–Crippen MR) is 165 cm³/mol. The molecule has 0 unspecified atom stereocenters. The Bertz CT molecular complexity index is 1490. The summed E-state index contributed by atoms with van der Waals surface area (Å²) in [5, 5.41) is 3.34. The number of ether oxygens (including phenoxy) is 2. The number of amides is 2. The SMILES string of the molecule is COc1ccc(N(CC(=O)N(Cc2cccc(Cl)c2)[C@H](C)C(=O)NCC(C)C)S(=O)(=O)c2ccc(C)cc2)cc1OC. The topological polar surface area (TPSA) is 105 Å². The highest BCUT2D eigenvalue weighted by Crippen LogP contribution is 2.34. The maximum atomic E-state index is 14.1. The minimum atomic E-state index is -4.22. The number of benzene rings is 3. The molecule has 0 aliphatic rings. The van der Waals surface area contributed by atoms with E-state index < -0.39 is 28.5 Å². The summed E-state index contributed by atoms with van der Waals surface area (Å²) >= 11 is 6.20. The Morgan fingerprint density at radius 3 is 2.19 bits per heavy atom. The number of anilines is 1. The second-order valence-corrected chi connectivity index (χ2v) is 12.6. The molecule has 3 aromatic carbocycles. The van der Waals surface area contributed by atoms with Crippen molar-refractivity contribution in [2.45, 2.75) is 45.2 Å². The molecular weight excluding hydrogens is 578 g/mol. The second kappa shape index (κ2) is 14.4. The van der Waals surface area contributed by atoms with Crippen LogP contribution in [0.5, 0.6) is 11.5 Å². The molecule has 9 nitrogen and oxygen atoms in total. The van der Waals surface area contributed by atoms with Gasteiger partial charge in [-0.15, -0.1) is 0 Å². The first kappa shape index (κ1) is 32.8. The molecule has 42 heavy (non-hydrogen) atoms. The molecule has 11 heteroatoms. The molecule has 0 heterocycles. The zero-order valence-corrected chi connectivity index (χ0v) is 26.3. The zero-order valence-electron chi connectivity index (χ0n) is 24.8. The Labute approximate surface area is 253 Å². The van der Waals surface area contributed by atoms with Crippen LogP contribution in [0.1, 0.15) is 31.9 Å². The molecular formula is C31H38ClN3O6S. The number of carbonyl (C=O) groups is 2. The molecule has 0 radical (unpaired) electrons. The molecule has 2 amide bonds. The first-order chi connectivity index (χ1) is 19.9. The molecule has 0 aliphatic carbocycles. The third-order valence-corrected chi connectivity index (χ3v) is 8.66. The van der Waals surface area contributed by atoms with Crippen LogP contribution in [0, 0.1) is 12.8 Å². The lowest BCUT2D eigenvalue weighted by Gasteiger charge is -2.32. The highest BCUT2D eigenvalue weighted by Gasteiger charge is 2.33. The molecule has 0 aliphatic heterocycles. The standard InChI is InChI=1S/C31H38ClN3O6S/c1-21(2)18-33-31(37)23(4)34(19-24-8-7-9-25(32)16-24)30(36)20-35(26-12-15-28(40-5)29(17-26)41-6)42(38,39)27-13-10-22(3)11-14-27/h7-17,21,23H,18-20H2,1-6H3,(H,33,37)/t23-/m1/s1. The van der Waals surface area contributed by atoms with Gasteiger partial charge in [0.05, 0.1) is 24.8 Å². The van der Waals surface area contributed by atoms with Gasteiger partial charge in [-0.25, -0.2) is 8.42 Å². The van der Waals surface area contributed by atoms with Gasteiger partial charge in [0.25, 0.3) is 10.0 Å². The fourth-order valence-electron chi connectivity index (χ4n) is 4.21. The average molecular weight is 616 g/mol. The fourth-order valence-corrected chi connectivity index (χ4v) is 5.83. The Hall–Kier alpha value is -3.76. The van der Waals surface area contributed by atoms with Gasteiger partial charge in [0, 0.05) is 24.2 Å². The highest BCUT2D eigenvalue weighted by atomic mass is 35.5. The summed E-state index contributed by atoms with van der Waals surface area (Å²) in [5.74, 6) is -0.0220. The van der Waals surface area contributed by atoms with E-state index in [0.717, 1.165) is 9.87 Å². The Balaban J connectivity index is 2.07. The smallest absolute Gasteiger partial charge is 0.264 e. The monoisotopic (exact) mass is 615 g/mol. The lowest BCUT2D eigenvalue weighted by Crippen LogP contribution is -2.51. The van der Waals surface area contributed by atoms with Crippen LogP contribution in [0.4, 0.5) is 5.69 Å². The second-order valence-electron chi connectivity index (χ2n) is 10.3. The van der Waals surface area contributed by atoms with E-state index in [-0.39, 0.29) is 29.0 Å². The van der Waals surface area contributed by atoms with Gasteiger partial charge < -0.3 is 19.7 Å². The summed E-state index contributed by atoms with van der Waals surface area (Å²) in [5.41, 5.74) is 1.77. The summed E-state index contributed by atoms with van der Waals surface area (Å²) in [6.07, 6.45) is 0. The number of hydrogen-bond acceptors (Lipinski definition) is 6. The van der Waals surface area contributed by atoms with Crippen LogP contribution in [-0.2, 0) is 26.2 Å². The third-order valence-electron chi connectivity index (χ3n) is 6.64. The van der Waals surface area contributed by atoms with E-state index >= 15 is 0 Å². The number of methoxy groups -OCH3 is 2. The normalized spacial score (nSPS) is 12.0. The van der Waals surface area contributed by atoms with Crippen molar-refractivity contribution in [3.05, 3.63) is 82.9 Å². The van der Waals surface area contributed by atoms with Gasteiger partial charge in [0.1, 0.15) is 12.6 Å². The lowest BCUT2D eigenvalue weighted by molar-refractivity contribution is -0.139. The third kappa shape index (κ3) is 8.17. The number of sulfonamides is 1. The van der Waals surface area contributed by atoms with Gasteiger partial charge in [-0.3, -0.25) is 13.9 Å². The summed E-state index contributed by atoms with van der Waals surface area (Å²) in [7, 11) is -1.31. The van der Waals surface area contributed by atoms with Gasteiger partial charge in [-0.2, -0.15) is 0 Å². The van der Waals surface area contributed by atoms with Crippen molar-refractivity contribution in [3.63, 3.8) is 0 Å². The lowest BCUT2D eigenvalue weighted by atomic mass is 10.1. The molecule has 0 spiro atoms. The Morgan fingerprint density at radius 1 is 0.929 bits per heavy atom. The maximum Gasteiger partial charge on any atom is 0.264 e. The summed E-state index contributed by atoms with van der Waals surface area (Å²) in [6.45, 7) is 7.31. The molecule has 1 N–H and O–H groups in total. The Kier molecular flexibility index (Phi) is 11.2. The molecule has 0 aromatic heterocycles. The average Bonchev–Trinajstić information content (AvgIpc) is 2.96. The van der Waals surface area contributed by atoms with E-state index in [0.29, 0.717) is 28.6 Å². The summed E-state index contributed by atoms with van der Waals surface area (Å²) < 4.78 is 39.8. The minimum Gasteiger partial charge on any atom is -0.493 e. The molecule has 0 saturated carbocycles. The van der Waals surface area contributed by atoms with Crippen molar-refractivity contribution in [1.29, 1.82) is 0 Å². The molecule has 1 atom stereocenters. The van der Waals surface area contributed by atoms with E-state index in [2.05, 4.69) is 5.32 Å². The molecule has 3 aromatic rings. The van der Waals surface area contributed by atoms with Gasteiger partial charge in [0.2, 0.25) is 11.8 Å². The van der Waals surface area contributed by atoms with E-state index in [4.69, 9.17) is 21.1 Å². The van der Waals surface area contributed by atoms with Crippen molar-refractivity contribution in [2.75, 3.05) is 31.6 Å². The minimum absolute atomic E-state index is 0.0137. The number of nitrogens with zero attached hydrogens (tertiary/aromatic N) is 2. The van der Waals surface area contributed by atoms with E-state index in [1.54, 1.807) is 55.5 Å². The molecule has 3 rings (SSSR count). The van der Waals surface area contributed by atoms with Gasteiger partial charge in [0.15, 0.2) is 11.5 Å². The van der Waals surface area contributed by atoms with Gasteiger partial charge >= 0.3 is 0 Å². The van der Waals surface area contributed by atoms with E-state index in [9.17, 15) is 18.0 Å². The highest BCUT2D eigenvalue weighted by molar-refractivity contribution is 7.92. The maximum absolute atomic E-state index is 14.1. The van der Waals surface area contributed by atoms with Gasteiger partial charge in [-0.1, -0.05) is 55.3 Å². The van der Waals surface area contributed by atoms with Crippen LogP contribution in [0.25, 0.3) is 0 Å². The van der Waals surface area contributed by atoms with Crippen molar-refractivity contribution in [1.82, 2.24) is 10.2 Å². The van der Waals surface area contributed by atoms with Crippen LogP contribution in [0.15, 0.2) is 71.6 Å². The van der Waals surface area contributed by atoms with Crippen molar-refractivity contribution < 1.29 is 27.5 Å². The first-order valence-corrected chi connectivity index (χ1v) is 15.3. The quantitative estimate of drug-likeness (QED) is 0.289. The van der Waals surface area contributed by atoms with Crippen LogP contribution < -0.4 is 19.1 Å². The summed E-state index contributed by atoms with van der Waals surface area (Å²) in [6, 6.07) is 17.0. The number of halogens is 1. The number of aryl methyl sites for hydroxylation is 1. The number of hydrogen-bond donors (Lipinski definition) is 1. The zero-order chi connectivity index (χ0) is 31.0. The van der Waals surface area contributed by atoms with E-state index in [1.807, 2.05) is 20.8 Å². The van der Waals surface area contributed by atoms with E-state index in [1.165, 1.54) is 37.3 Å². The number of rotatable bonds is 13. The van der Waals surface area contributed by atoms with Crippen molar-refractivity contribution in [3.8, 4) is 11.5 Å². The number of carbonyl (C=O) groups excluding carboxylic acids is 2. The fraction of sp³-hybridized carbons (Fsp3) is 0.355. The summed E-state index contributed by atoms with van der Waals surface area (Å²) in [4.78, 5) is 28.6. The predicted octanol–water partition coefficient (Wildman–Crippen LogP) is 5.05. The van der Waals surface area contributed by atoms with Crippen LogP contribution in [0.2, 0.25) is 5.02 Å². The van der Waals surface area contributed by atoms with Crippen LogP contribution in [0.3, 0.4) is 0 Å². The van der Waals surface area contributed by atoms with Crippen LogP contribution in [-0.4, -0.2) is 58.5 Å². The first-order valence-electron chi connectivity index (χ1n) is 13.5. The van der Waals surface area contributed by atoms with Crippen LogP contribution >= 0.6 is 11.6 Å². The molecule has 0 fully saturated rings.